The molecule has 0 saturated heterocycles. The average Bonchev–Trinajstić information content (AvgIpc) is 2.50. The van der Waals surface area contributed by atoms with E-state index in [1.165, 1.54) is 11.6 Å². The van der Waals surface area contributed by atoms with Crippen molar-refractivity contribution in [1.29, 1.82) is 0 Å². The normalized spacial score (nSPS) is 17.9. The molecule has 0 aliphatic carbocycles. The molecule has 0 radical (unpaired) electrons. The summed E-state index contributed by atoms with van der Waals surface area (Å²) in [6, 6.07) is 10.0. The Bertz CT molecular complexity index is 421. The van der Waals surface area contributed by atoms with E-state index in [0.29, 0.717) is 6.54 Å². The maximum atomic E-state index is 11.1. The summed E-state index contributed by atoms with van der Waals surface area (Å²) >= 11 is 0. The topological polar surface area (TPSA) is 38.3 Å². The van der Waals surface area contributed by atoms with Gasteiger partial charge in [-0.1, -0.05) is 30.3 Å². The molecule has 1 N–H and O–H groups in total. The maximum Gasteiger partial charge on any atom is 0.333 e. The summed E-state index contributed by atoms with van der Waals surface area (Å²) in [7, 11) is 0. The van der Waals surface area contributed by atoms with Crippen molar-refractivity contribution in [2.45, 2.75) is 26.0 Å². The van der Waals surface area contributed by atoms with Crippen LogP contribution in [0.15, 0.2) is 42.1 Å². The molecule has 0 aromatic heterocycles. The van der Waals surface area contributed by atoms with E-state index in [0.717, 1.165) is 5.70 Å². The van der Waals surface area contributed by atoms with Crippen LogP contribution in [0.5, 0.6) is 0 Å². The summed E-state index contributed by atoms with van der Waals surface area (Å²) in [5, 5.41) is 3.23. The quantitative estimate of drug-likeness (QED) is 0.787. The second-order valence-corrected chi connectivity index (χ2v) is 4.33. The monoisotopic (exact) mass is 217 g/mol. The van der Waals surface area contributed by atoms with Crippen LogP contribution < -0.4 is 5.32 Å². The number of cyclic esters (lactones) is 1. The third-order valence-corrected chi connectivity index (χ3v) is 2.59. The minimum Gasteiger partial charge on any atom is -0.450 e. The zero-order valence-electron chi connectivity index (χ0n) is 9.49. The first-order valence-corrected chi connectivity index (χ1v) is 5.31. The van der Waals surface area contributed by atoms with Crippen molar-refractivity contribution in [3.63, 3.8) is 0 Å². The van der Waals surface area contributed by atoms with Gasteiger partial charge in [0.2, 0.25) is 0 Å². The molecule has 0 atom stereocenters. The summed E-state index contributed by atoms with van der Waals surface area (Å²) in [6.45, 7) is 4.45. The van der Waals surface area contributed by atoms with Crippen molar-refractivity contribution in [3.8, 4) is 0 Å². The van der Waals surface area contributed by atoms with Gasteiger partial charge in [-0.15, -0.1) is 0 Å². The molecule has 0 amide bonds. The lowest BCUT2D eigenvalue weighted by Crippen LogP contribution is -2.31. The van der Waals surface area contributed by atoms with Crippen molar-refractivity contribution < 1.29 is 9.53 Å². The van der Waals surface area contributed by atoms with E-state index < -0.39 is 5.60 Å². The minimum absolute atomic E-state index is 0.277. The molecule has 84 valence electrons. The molecule has 1 aliphatic rings. The first-order valence-electron chi connectivity index (χ1n) is 5.31. The lowest BCUT2D eigenvalue weighted by molar-refractivity contribution is -0.143. The Hall–Kier alpha value is -1.77. The number of ether oxygens (including phenoxy) is 1. The smallest absolute Gasteiger partial charge is 0.333 e. The SMILES string of the molecule is CC1(C)OC(=O)C=C1NCc1ccccc1. The standard InChI is InChI=1S/C13H15NO2/c1-13(2)11(8-12(15)16-13)14-9-10-6-4-3-5-7-10/h3-8,14H,9H2,1-2H3. The van der Waals surface area contributed by atoms with E-state index in [9.17, 15) is 4.79 Å². The lowest BCUT2D eigenvalue weighted by Gasteiger charge is -2.22. The second-order valence-electron chi connectivity index (χ2n) is 4.33. The maximum absolute atomic E-state index is 11.1. The highest BCUT2D eigenvalue weighted by Gasteiger charge is 2.33. The van der Waals surface area contributed by atoms with Crippen LogP contribution in [0.2, 0.25) is 0 Å². The summed E-state index contributed by atoms with van der Waals surface area (Å²) in [4.78, 5) is 11.1. The molecule has 1 aliphatic heterocycles. The Labute approximate surface area is 95.1 Å². The molecular formula is C13H15NO2. The van der Waals surface area contributed by atoms with Crippen LogP contribution in [-0.4, -0.2) is 11.6 Å². The predicted octanol–water partition coefficient (Wildman–Crippen LogP) is 2.00. The van der Waals surface area contributed by atoms with Gasteiger partial charge in [-0.2, -0.15) is 0 Å². The molecule has 0 spiro atoms. The highest BCUT2D eigenvalue weighted by Crippen LogP contribution is 2.25. The van der Waals surface area contributed by atoms with Crippen molar-refractivity contribution >= 4 is 5.97 Å². The van der Waals surface area contributed by atoms with Gasteiger partial charge in [-0.25, -0.2) is 4.79 Å². The van der Waals surface area contributed by atoms with Gasteiger partial charge in [0, 0.05) is 12.6 Å². The first-order chi connectivity index (χ1) is 7.58. The van der Waals surface area contributed by atoms with Crippen LogP contribution >= 0.6 is 0 Å². The predicted molar refractivity (Wildman–Crippen MR) is 61.5 cm³/mol. The Balaban J connectivity index is 2.01. The first kappa shape index (κ1) is 10.7. The van der Waals surface area contributed by atoms with Crippen molar-refractivity contribution in [1.82, 2.24) is 5.32 Å². The van der Waals surface area contributed by atoms with Crippen LogP contribution in [0.25, 0.3) is 0 Å². The Morgan fingerprint density at radius 1 is 1.25 bits per heavy atom. The molecule has 1 heterocycles. The fraction of sp³-hybridized carbons (Fsp3) is 0.308. The molecule has 16 heavy (non-hydrogen) atoms. The number of benzene rings is 1. The lowest BCUT2D eigenvalue weighted by atomic mass is 10.1. The minimum atomic E-state index is -0.536. The molecule has 1 aromatic carbocycles. The molecule has 0 saturated carbocycles. The van der Waals surface area contributed by atoms with Gasteiger partial charge in [-0.3, -0.25) is 0 Å². The number of carbonyl (C=O) groups excluding carboxylic acids is 1. The van der Waals surface area contributed by atoms with Crippen molar-refractivity contribution in [2.75, 3.05) is 0 Å². The van der Waals surface area contributed by atoms with Gasteiger partial charge in [0.25, 0.3) is 0 Å². The number of nitrogens with one attached hydrogen (secondary N) is 1. The number of esters is 1. The Kier molecular flexibility index (Phi) is 2.69. The van der Waals surface area contributed by atoms with Gasteiger partial charge in [0.05, 0.1) is 5.70 Å². The van der Waals surface area contributed by atoms with Gasteiger partial charge in [0.1, 0.15) is 5.60 Å². The summed E-state index contributed by atoms with van der Waals surface area (Å²) in [5.41, 5.74) is 1.48. The van der Waals surface area contributed by atoms with E-state index in [-0.39, 0.29) is 5.97 Å². The molecular weight excluding hydrogens is 202 g/mol. The zero-order valence-corrected chi connectivity index (χ0v) is 9.49. The summed E-state index contributed by atoms with van der Waals surface area (Å²) in [5.74, 6) is -0.277. The van der Waals surface area contributed by atoms with Crippen LogP contribution in [0, 0.1) is 0 Å². The third kappa shape index (κ3) is 2.24. The number of hydrogen-bond donors (Lipinski definition) is 1. The molecule has 1 aromatic rings. The van der Waals surface area contributed by atoms with Gasteiger partial charge in [0.15, 0.2) is 0 Å². The van der Waals surface area contributed by atoms with Gasteiger partial charge < -0.3 is 10.1 Å². The second kappa shape index (κ2) is 4.00. The number of carbonyl (C=O) groups is 1. The number of hydrogen-bond acceptors (Lipinski definition) is 3. The van der Waals surface area contributed by atoms with E-state index in [2.05, 4.69) is 5.32 Å². The Morgan fingerprint density at radius 3 is 2.50 bits per heavy atom. The van der Waals surface area contributed by atoms with Crippen molar-refractivity contribution in [2.24, 2.45) is 0 Å². The van der Waals surface area contributed by atoms with Crippen molar-refractivity contribution in [3.05, 3.63) is 47.7 Å². The highest BCUT2D eigenvalue weighted by atomic mass is 16.6. The molecule has 3 heteroatoms. The van der Waals surface area contributed by atoms with Gasteiger partial charge in [-0.05, 0) is 19.4 Å². The van der Waals surface area contributed by atoms with Crippen LogP contribution in [-0.2, 0) is 16.1 Å². The fourth-order valence-electron chi connectivity index (χ4n) is 1.68. The average molecular weight is 217 g/mol. The zero-order chi connectivity index (χ0) is 11.6. The molecule has 3 nitrogen and oxygen atoms in total. The summed E-state index contributed by atoms with van der Waals surface area (Å²) < 4.78 is 5.16. The van der Waals surface area contributed by atoms with Crippen LogP contribution in [0.4, 0.5) is 0 Å². The molecule has 2 rings (SSSR count). The van der Waals surface area contributed by atoms with E-state index in [1.54, 1.807) is 0 Å². The third-order valence-electron chi connectivity index (χ3n) is 2.59. The van der Waals surface area contributed by atoms with E-state index >= 15 is 0 Å². The molecule has 0 unspecified atom stereocenters. The molecule has 0 bridgehead atoms. The van der Waals surface area contributed by atoms with E-state index in [1.807, 2.05) is 44.2 Å². The Morgan fingerprint density at radius 2 is 1.94 bits per heavy atom. The van der Waals surface area contributed by atoms with E-state index in [4.69, 9.17) is 4.74 Å². The van der Waals surface area contributed by atoms with Gasteiger partial charge >= 0.3 is 5.97 Å². The van der Waals surface area contributed by atoms with Crippen LogP contribution in [0.3, 0.4) is 0 Å². The summed E-state index contributed by atoms with van der Waals surface area (Å²) in [6.07, 6.45) is 1.52. The van der Waals surface area contributed by atoms with Crippen LogP contribution in [0.1, 0.15) is 19.4 Å². The molecule has 0 fully saturated rings. The fourth-order valence-corrected chi connectivity index (χ4v) is 1.68. The largest absolute Gasteiger partial charge is 0.450 e. The highest BCUT2D eigenvalue weighted by molar-refractivity contribution is 5.86. The number of rotatable bonds is 3.